The van der Waals surface area contributed by atoms with E-state index >= 15 is 0 Å². The first-order chi connectivity index (χ1) is 9.36. The summed E-state index contributed by atoms with van der Waals surface area (Å²) in [6.45, 7) is 2.39. The molecule has 0 spiro atoms. The second kappa shape index (κ2) is 7.68. The summed E-state index contributed by atoms with van der Waals surface area (Å²) in [5.41, 5.74) is 6.11. The molecule has 2 N–H and O–H groups in total. The van der Waals surface area contributed by atoms with E-state index in [9.17, 15) is 8.42 Å². The third kappa shape index (κ3) is 5.16. The van der Waals surface area contributed by atoms with Crippen molar-refractivity contribution in [1.29, 1.82) is 0 Å². The van der Waals surface area contributed by atoms with Crippen molar-refractivity contribution in [3.8, 4) is 0 Å². The van der Waals surface area contributed by atoms with E-state index in [-0.39, 0.29) is 28.3 Å². The fourth-order valence-corrected chi connectivity index (χ4v) is 2.82. The number of sulfone groups is 1. The Hall–Kier alpha value is -1.02. The maximum Gasteiger partial charge on any atom is 0.180 e. The highest BCUT2D eigenvalue weighted by atomic mass is 32.2. The molecule has 0 amide bonds. The van der Waals surface area contributed by atoms with Crippen LogP contribution < -0.4 is 5.73 Å². The molecule has 0 aliphatic rings. The maximum atomic E-state index is 12.1. The zero-order chi connectivity index (χ0) is 15.2. The normalized spacial score (nSPS) is 13.1. The molecule has 0 saturated carbocycles. The van der Waals surface area contributed by atoms with E-state index in [4.69, 9.17) is 27.4 Å². The Morgan fingerprint density at radius 3 is 2.45 bits per heavy atom. The van der Waals surface area contributed by atoms with Crippen LogP contribution in [0.25, 0.3) is 0 Å². The quantitative estimate of drug-likeness (QED) is 0.725. The van der Waals surface area contributed by atoms with E-state index < -0.39 is 9.84 Å². The first kappa shape index (κ1) is 17.0. The first-order valence-corrected chi connectivity index (χ1v) is 8.16. The zero-order valence-corrected chi connectivity index (χ0v) is 13.2. The fraction of sp³-hybridized carbons (Fsp3) is 0.462. The van der Waals surface area contributed by atoms with Crippen LogP contribution in [0.2, 0.25) is 0 Å². The Kier molecular flexibility index (Phi) is 6.54. The highest BCUT2D eigenvalue weighted by Crippen LogP contribution is 2.12. The van der Waals surface area contributed by atoms with Crippen molar-refractivity contribution in [3.05, 3.63) is 29.8 Å². The van der Waals surface area contributed by atoms with Crippen LogP contribution >= 0.6 is 12.2 Å². The van der Waals surface area contributed by atoms with Crippen LogP contribution in [0.5, 0.6) is 0 Å². The molecule has 7 heteroatoms. The van der Waals surface area contributed by atoms with Gasteiger partial charge in [-0.25, -0.2) is 8.42 Å². The predicted octanol–water partition coefficient (Wildman–Crippen LogP) is 1.15. The molecule has 5 nitrogen and oxygen atoms in total. The third-order valence-corrected chi connectivity index (χ3v) is 4.58. The van der Waals surface area contributed by atoms with Crippen molar-refractivity contribution in [2.45, 2.75) is 17.9 Å². The summed E-state index contributed by atoms with van der Waals surface area (Å²) in [4.78, 5) is 0.478. The van der Waals surface area contributed by atoms with E-state index in [1.807, 2.05) is 6.92 Å². The Balaban J connectivity index is 2.62. The number of ether oxygens (including phenoxy) is 2. The molecule has 0 radical (unpaired) electrons. The molecule has 0 fully saturated rings. The average Bonchev–Trinajstić information content (AvgIpc) is 2.39. The van der Waals surface area contributed by atoms with E-state index in [1.165, 1.54) is 12.1 Å². The van der Waals surface area contributed by atoms with Gasteiger partial charge in [0.2, 0.25) is 0 Å². The van der Waals surface area contributed by atoms with Gasteiger partial charge in [0, 0.05) is 12.7 Å². The van der Waals surface area contributed by atoms with Crippen molar-refractivity contribution >= 4 is 27.0 Å². The minimum atomic E-state index is -3.36. The molecule has 1 aromatic carbocycles. The number of methoxy groups -OCH3 is 1. The average molecular weight is 317 g/mol. The van der Waals surface area contributed by atoms with Gasteiger partial charge in [0.15, 0.2) is 9.84 Å². The van der Waals surface area contributed by atoms with Crippen LogP contribution in [-0.2, 0) is 19.3 Å². The molecule has 0 aromatic heterocycles. The van der Waals surface area contributed by atoms with E-state index in [0.29, 0.717) is 12.2 Å². The van der Waals surface area contributed by atoms with Crippen LogP contribution in [0.15, 0.2) is 29.2 Å². The molecule has 1 rings (SSSR count). The molecule has 0 saturated heterocycles. The topological polar surface area (TPSA) is 78.6 Å². The summed E-state index contributed by atoms with van der Waals surface area (Å²) >= 11 is 4.82. The lowest BCUT2D eigenvalue weighted by Crippen LogP contribution is -2.20. The molecule has 1 aromatic rings. The zero-order valence-electron chi connectivity index (χ0n) is 11.5. The Labute approximate surface area is 125 Å². The summed E-state index contributed by atoms with van der Waals surface area (Å²) in [6, 6.07) is 6.21. The number of thiocarbonyl (C=S) groups is 1. The lowest BCUT2D eigenvalue weighted by Gasteiger charge is -2.12. The van der Waals surface area contributed by atoms with Gasteiger partial charge in [0.05, 0.1) is 30.0 Å². The van der Waals surface area contributed by atoms with E-state index in [2.05, 4.69) is 0 Å². The van der Waals surface area contributed by atoms with Gasteiger partial charge in [-0.3, -0.25) is 0 Å². The minimum absolute atomic E-state index is 0.0759. The number of benzene rings is 1. The summed E-state index contributed by atoms with van der Waals surface area (Å²) in [5, 5.41) is 0. The van der Waals surface area contributed by atoms with Crippen LogP contribution in [0.4, 0.5) is 0 Å². The molecule has 0 aliphatic heterocycles. The summed E-state index contributed by atoms with van der Waals surface area (Å²) in [7, 11) is -1.79. The lowest BCUT2D eigenvalue weighted by atomic mass is 10.2. The highest BCUT2D eigenvalue weighted by Gasteiger charge is 2.15. The molecular weight excluding hydrogens is 298 g/mol. The predicted molar refractivity (Wildman–Crippen MR) is 81.7 cm³/mol. The Morgan fingerprint density at radius 2 is 1.95 bits per heavy atom. The number of rotatable bonds is 8. The summed E-state index contributed by atoms with van der Waals surface area (Å²) in [5.74, 6) is -0.0759. The SMILES string of the molecule is COCC(C)OCCS(=O)(=O)c1ccc(C(N)=S)cc1. The summed E-state index contributed by atoms with van der Waals surface area (Å²) < 4.78 is 34.4. The second-order valence-corrected chi connectivity index (χ2v) is 6.89. The third-order valence-electron chi connectivity index (χ3n) is 2.65. The molecule has 0 aliphatic carbocycles. The van der Waals surface area contributed by atoms with Crippen LogP contribution in [0, 0.1) is 0 Å². The van der Waals surface area contributed by atoms with Gasteiger partial charge in [-0.1, -0.05) is 24.4 Å². The van der Waals surface area contributed by atoms with Gasteiger partial charge >= 0.3 is 0 Å². The van der Waals surface area contributed by atoms with Crippen molar-refractivity contribution in [3.63, 3.8) is 0 Å². The fourth-order valence-electron chi connectivity index (χ4n) is 1.59. The van der Waals surface area contributed by atoms with Crippen LogP contribution in [-0.4, -0.2) is 45.6 Å². The van der Waals surface area contributed by atoms with Gasteiger partial charge in [0.25, 0.3) is 0 Å². The van der Waals surface area contributed by atoms with Crippen molar-refractivity contribution in [2.75, 3.05) is 26.1 Å². The minimum Gasteiger partial charge on any atom is -0.389 e. The number of hydrogen-bond acceptors (Lipinski definition) is 5. The number of hydrogen-bond donors (Lipinski definition) is 1. The molecule has 0 bridgehead atoms. The van der Waals surface area contributed by atoms with Crippen LogP contribution in [0.3, 0.4) is 0 Å². The second-order valence-electron chi connectivity index (χ2n) is 4.34. The smallest absolute Gasteiger partial charge is 0.180 e. The van der Waals surface area contributed by atoms with Crippen molar-refractivity contribution < 1.29 is 17.9 Å². The maximum absolute atomic E-state index is 12.1. The first-order valence-electron chi connectivity index (χ1n) is 6.10. The molecule has 1 atom stereocenters. The van der Waals surface area contributed by atoms with Gasteiger partial charge in [0.1, 0.15) is 4.99 Å². The monoisotopic (exact) mass is 317 g/mol. The van der Waals surface area contributed by atoms with Crippen LogP contribution in [0.1, 0.15) is 12.5 Å². The molecule has 1 unspecified atom stereocenters. The molecular formula is C13H19NO4S2. The lowest BCUT2D eigenvalue weighted by molar-refractivity contribution is 0.0163. The van der Waals surface area contributed by atoms with E-state index in [0.717, 1.165) is 0 Å². The Morgan fingerprint density at radius 1 is 1.35 bits per heavy atom. The number of nitrogens with two attached hydrogens (primary N) is 1. The van der Waals surface area contributed by atoms with Crippen molar-refractivity contribution in [1.82, 2.24) is 0 Å². The van der Waals surface area contributed by atoms with Crippen molar-refractivity contribution in [2.24, 2.45) is 5.73 Å². The van der Waals surface area contributed by atoms with Gasteiger partial charge < -0.3 is 15.2 Å². The van der Waals surface area contributed by atoms with Gasteiger partial charge in [-0.05, 0) is 19.1 Å². The van der Waals surface area contributed by atoms with Gasteiger partial charge in [-0.15, -0.1) is 0 Å². The molecule has 0 heterocycles. The van der Waals surface area contributed by atoms with Gasteiger partial charge in [-0.2, -0.15) is 0 Å². The largest absolute Gasteiger partial charge is 0.389 e. The summed E-state index contributed by atoms with van der Waals surface area (Å²) in [6.07, 6.45) is -0.132. The highest BCUT2D eigenvalue weighted by molar-refractivity contribution is 7.91. The molecule has 20 heavy (non-hydrogen) atoms. The van der Waals surface area contributed by atoms with E-state index in [1.54, 1.807) is 19.2 Å². The molecule has 112 valence electrons. The standard InChI is InChI=1S/C13H19NO4S2/c1-10(9-17-2)18-7-8-20(15,16)12-5-3-11(4-6-12)13(14)19/h3-6,10H,7-9H2,1-2H3,(H2,14,19). The Bertz CT molecular complexity index is 540.